The Morgan fingerprint density at radius 1 is 1.42 bits per heavy atom. The fraction of sp³-hybridized carbons (Fsp3) is 0.231. The van der Waals surface area contributed by atoms with Crippen LogP contribution in [0.15, 0.2) is 18.2 Å². The van der Waals surface area contributed by atoms with Gasteiger partial charge in [-0.3, -0.25) is 4.79 Å². The van der Waals surface area contributed by atoms with E-state index in [-0.39, 0.29) is 33.6 Å². The van der Waals surface area contributed by atoms with E-state index >= 15 is 0 Å². The van der Waals surface area contributed by atoms with E-state index in [1.807, 2.05) is 0 Å². The smallest absolute Gasteiger partial charge is 0.345 e. The summed E-state index contributed by atoms with van der Waals surface area (Å²) < 4.78 is 5.23. The summed E-state index contributed by atoms with van der Waals surface area (Å²) in [7, 11) is 0. The van der Waals surface area contributed by atoms with Gasteiger partial charge in [0.2, 0.25) is 0 Å². The lowest BCUT2D eigenvalue weighted by atomic mass is 10.0. The summed E-state index contributed by atoms with van der Waals surface area (Å²) in [6, 6.07) is 1.54. The van der Waals surface area contributed by atoms with Gasteiger partial charge in [0.05, 0.1) is 5.02 Å². The van der Waals surface area contributed by atoms with Crippen LogP contribution < -0.4 is 4.74 Å². The minimum absolute atomic E-state index is 0.0783. The molecular formula is C13H10Cl2O4. The number of hydrogen-bond donors (Lipinski definition) is 1. The molecule has 1 aromatic rings. The van der Waals surface area contributed by atoms with E-state index in [9.17, 15) is 9.59 Å². The predicted molar refractivity (Wildman–Crippen MR) is 71.4 cm³/mol. The van der Waals surface area contributed by atoms with Crippen molar-refractivity contribution < 1.29 is 19.4 Å². The fourth-order valence-corrected chi connectivity index (χ4v) is 2.38. The third kappa shape index (κ3) is 2.46. The van der Waals surface area contributed by atoms with Crippen LogP contribution in [0.1, 0.15) is 22.8 Å². The van der Waals surface area contributed by atoms with Crippen molar-refractivity contribution in [2.24, 2.45) is 0 Å². The van der Waals surface area contributed by atoms with Gasteiger partial charge in [-0.15, -0.1) is 0 Å². The molecule has 0 saturated heterocycles. The molecule has 0 fully saturated rings. The number of carboxylic acid groups (broad SMARTS) is 1. The summed E-state index contributed by atoms with van der Waals surface area (Å²) >= 11 is 12.1. The third-order valence-electron chi connectivity index (χ3n) is 2.76. The highest BCUT2D eigenvalue weighted by atomic mass is 35.5. The number of carbonyl (C=O) groups is 2. The van der Waals surface area contributed by atoms with E-state index in [1.165, 1.54) is 12.1 Å². The number of ketones is 1. The van der Waals surface area contributed by atoms with Crippen molar-refractivity contribution in [3.05, 3.63) is 39.4 Å². The zero-order chi connectivity index (χ0) is 14.2. The second-order valence-electron chi connectivity index (χ2n) is 4.05. The first-order valence-electron chi connectivity index (χ1n) is 5.53. The first-order chi connectivity index (χ1) is 8.95. The van der Waals surface area contributed by atoms with Gasteiger partial charge in [0.1, 0.15) is 10.8 Å². The molecule has 0 saturated carbocycles. The molecule has 1 atom stereocenters. The first-order valence-corrected chi connectivity index (χ1v) is 6.28. The van der Waals surface area contributed by atoms with Gasteiger partial charge in [-0.2, -0.15) is 0 Å². The van der Waals surface area contributed by atoms with Gasteiger partial charge in [0.25, 0.3) is 0 Å². The second-order valence-corrected chi connectivity index (χ2v) is 4.81. The van der Waals surface area contributed by atoms with E-state index in [0.29, 0.717) is 5.56 Å². The maximum Gasteiger partial charge on any atom is 0.345 e. The average molecular weight is 301 g/mol. The van der Waals surface area contributed by atoms with Crippen molar-refractivity contribution in [3.8, 4) is 5.75 Å². The topological polar surface area (TPSA) is 63.6 Å². The monoisotopic (exact) mass is 300 g/mol. The first kappa shape index (κ1) is 13.9. The molecule has 0 aromatic heterocycles. The minimum Gasteiger partial charge on any atom is -0.478 e. The number of hydrogen-bond acceptors (Lipinski definition) is 3. The summed E-state index contributed by atoms with van der Waals surface area (Å²) in [6.45, 7) is 1.71. The summed E-state index contributed by atoms with van der Waals surface area (Å²) in [5, 5.41) is 9.09. The van der Waals surface area contributed by atoms with Crippen molar-refractivity contribution >= 4 is 35.0 Å². The maximum absolute atomic E-state index is 11.8. The van der Waals surface area contributed by atoms with Gasteiger partial charge < -0.3 is 9.84 Å². The summed E-state index contributed by atoms with van der Waals surface area (Å²) in [4.78, 5) is 22.8. The zero-order valence-corrected chi connectivity index (χ0v) is 11.5. The lowest BCUT2D eigenvalue weighted by Gasteiger charge is -2.08. The number of fused-ring (bicyclic) bond motifs is 1. The van der Waals surface area contributed by atoms with Gasteiger partial charge in [0, 0.05) is 17.5 Å². The Balaban J connectivity index is 2.49. The van der Waals surface area contributed by atoms with Crippen LogP contribution in [0.4, 0.5) is 0 Å². The molecule has 0 bridgehead atoms. The van der Waals surface area contributed by atoms with Crippen molar-refractivity contribution in [2.75, 3.05) is 0 Å². The van der Waals surface area contributed by atoms with Gasteiger partial charge in [-0.25, -0.2) is 4.79 Å². The molecule has 1 unspecified atom stereocenters. The number of carbonyl (C=O) groups excluding carboxylic acids is 1. The molecule has 0 spiro atoms. The zero-order valence-electron chi connectivity index (χ0n) is 9.94. The molecule has 1 aromatic carbocycles. The molecular weight excluding hydrogens is 291 g/mol. The van der Waals surface area contributed by atoms with Gasteiger partial charge in [0.15, 0.2) is 11.9 Å². The van der Waals surface area contributed by atoms with Crippen LogP contribution >= 0.6 is 23.2 Å². The fourth-order valence-electron chi connectivity index (χ4n) is 1.88. The number of ether oxygens (including phenoxy) is 1. The van der Waals surface area contributed by atoms with Crippen LogP contribution in [-0.4, -0.2) is 23.0 Å². The van der Waals surface area contributed by atoms with Gasteiger partial charge in [-0.05, 0) is 19.1 Å². The average Bonchev–Trinajstić information content (AvgIpc) is 2.78. The molecule has 100 valence electrons. The maximum atomic E-state index is 11.8. The molecule has 19 heavy (non-hydrogen) atoms. The number of allylic oxidation sites excluding steroid dienone is 2. The van der Waals surface area contributed by atoms with Crippen LogP contribution in [-0.2, 0) is 11.2 Å². The SMILES string of the molecule is C/C=C/C(=O)c1cc2c(c(Cl)c1Cl)OC(C(=O)O)C2. The Bertz CT molecular complexity index is 593. The molecule has 1 aliphatic heterocycles. The Morgan fingerprint density at radius 2 is 2.11 bits per heavy atom. The van der Waals surface area contributed by atoms with Crippen LogP contribution in [0.5, 0.6) is 5.75 Å². The van der Waals surface area contributed by atoms with Crippen LogP contribution in [0.25, 0.3) is 0 Å². The molecule has 1 heterocycles. The predicted octanol–water partition coefficient (Wildman–Crippen LogP) is 3.14. The van der Waals surface area contributed by atoms with E-state index in [0.717, 1.165) is 0 Å². The second kappa shape index (κ2) is 5.23. The molecule has 0 radical (unpaired) electrons. The number of aliphatic carboxylic acids is 1. The van der Waals surface area contributed by atoms with Crippen LogP contribution in [0.3, 0.4) is 0 Å². The highest BCUT2D eigenvalue weighted by Gasteiger charge is 2.33. The lowest BCUT2D eigenvalue weighted by molar-refractivity contribution is -0.144. The van der Waals surface area contributed by atoms with Crippen molar-refractivity contribution in [3.63, 3.8) is 0 Å². The van der Waals surface area contributed by atoms with Crippen LogP contribution in [0, 0.1) is 0 Å². The number of halogens is 2. The third-order valence-corrected chi connectivity index (χ3v) is 3.61. The number of rotatable bonds is 3. The number of carboxylic acids is 1. The Morgan fingerprint density at radius 3 is 2.68 bits per heavy atom. The minimum atomic E-state index is -1.08. The van der Waals surface area contributed by atoms with E-state index in [2.05, 4.69) is 0 Å². The molecule has 1 N–H and O–H groups in total. The van der Waals surface area contributed by atoms with E-state index < -0.39 is 12.1 Å². The molecule has 1 aliphatic rings. The Kier molecular flexibility index (Phi) is 3.83. The Labute approximate surface area is 119 Å². The highest BCUT2D eigenvalue weighted by Crippen LogP contribution is 2.42. The largest absolute Gasteiger partial charge is 0.478 e. The Hall–Kier alpha value is -1.52. The molecule has 4 nitrogen and oxygen atoms in total. The van der Waals surface area contributed by atoms with Crippen molar-refractivity contribution in [1.82, 2.24) is 0 Å². The normalized spacial score (nSPS) is 17.3. The number of benzene rings is 1. The standard InChI is InChI=1S/C13H10Cl2O4/c1-2-3-8(16)7-4-6-5-9(13(17)18)19-12(6)11(15)10(7)14/h2-4,9H,5H2,1H3,(H,17,18)/b3-2+. The highest BCUT2D eigenvalue weighted by molar-refractivity contribution is 6.45. The molecule has 2 rings (SSSR count). The molecule has 0 amide bonds. The molecule has 0 aliphatic carbocycles. The summed E-state index contributed by atoms with van der Waals surface area (Å²) in [5.74, 6) is -1.11. The van der Waals surface area contributed by atoms with Gasteiger partial charge >= 0.3 is 5.97 Å². The quantitative estimate of drug-likeness (QED) is 0.688. The van der Waals surface area contributed by atoms with E-state index in [1.54, 1.807) is 13.0 Å². The summed E-state index contributed by atoms with van der Waals surface area (Å²) in [5.41, 5.74) is 0.827. The van der Waals surface area contributed by atoms with E-state index in [4.69, 9.17) is 33.0 Å². The van der Waals surface area contributed by atoms with Crippen LogP contribution in [0.2, 0.25) is 10.0 Å². The van der Waals surface area contributed by atoms with Crippen molar-refractivity contribution in [1.29, 1.82) is 0 Å². The van der Waals surface area contributed by atoms with Crippen molar-refractivity contribution in [2.45, 2.75) is 19.4 Å². The summed E-state index contributed by atoms with van der Waals surface area (Å²) in [6.07, 6.45) is 2.14. The van der Waals surface area contributed by atoms with Gasteiger partial charge in [-0.1, -0.05) is 29.3 Å². The lowest BCUT2D eigenvalue weighted by Crippen LogP contribution is -2.24. The molecule has 6 heteroatoms.